The first-order valence-electron chi connectivity index (χ1n) is 10.0. The summed E-state index contributed by atoms with van der Waals surface area (Å²) < 4.78 is 5.59. The zero-order chi connectivity index (χ0) is 19.7. The predicted molar refractivity (Wildman–Crippen MR) is 129 cm³/mol. The molecule has 4 N–H and O–H groups in total. The molecule has 1 aliphatic rings. The summed E-state index contributed by atoms with van der Waals surface area (Å²) in [4.78, 5) is 8.97. The Balaban J connectivity index is 0.00000300. The van der Waals surface area contributed by atoms with Crippen LogP contribution in [0.3, 0.4) is 0 Å². The molecule has 3 rings (SSSR count). The Morgan fingerprint density at radius 2 is 1.90 bits per heavy atom. The first kappa shape index (κ1) is 23.6. The fourth-order valence-corrected chi connectivity index (χ4v) is 3.55. The van der Waals surface area contributed by atoms with Crippen molar-refractivity contribution in [2.75, 3.05) is 26.3 Å². The lowest BCUT2D eigenvalue weighted by Gasteiger charge is -2.39. The van der Waals surface area contributed by atoms with Crippen molar-refractivity contribution in [2.45, 2.75) is 37.8 Å². The molecule has 158 valence electrons. The van der Waals surface area contributed by atoms with E-state index in [1.165, 1.54) is 5.56 Å². The molecule has 1 aromatic heterocycles. The molecule has 2 aromatic rings. The number of hydrogen-bond donors (Lipinski definition) is 3. The summed E-state index contributed by atoms with van der Waals surface area (Å²) in [7, 11) is 0. The summed E-state index contributed by atoms with van der Waals surface area (Å²) in [6.07, 6.45) is 4.48. The lowest BCUT2D eigenvalue weighted by Crippen LogP contribution is -2.53. The minimum absolute atomic E-state index is 0. The van der Waals surface area contributed by atoms with Crippen molar-refractivity contribution in [1.82, 2.24) is 15.6 Å². The molecule has 1 unspecified atom stereocenters. The summed E-state index contributed by atoms with van der Waals surface area (Å²) in [5.41, 5.74) is 8.34. The summed E-state index contributed by atoms with van der Waals surface area (Å²) in [6.45, 7) is 5.05. The molecule has 1 fully saturated rings. The number of guanidine groups is 1. The topological polar surface area (TPSA) is 84.6 Å². The average molecular weight is 509 g/mol. The molecule has 1 aromatic carbocycles. The molecule has 1 aliphatic heterocycles. The van der Waals surface area contributed by atoms with Crippen LogP contribution in [0.15, 0.2) is 59.7 Å². The highest BCUT2D eigenvalue weighted by atomic mass is 127. The van der Waals surface area contributed by atoms with E-state index in [1.807, 2.05) is 24.3 Å². The number of nitrogens with two attached hydrogens (primary N) is 1. The van der Waals surface area contributed by atoms with Gasteiger partial charge in [0.2, 0.25) is 0 Å². The van der Waals surface area contributed by atoms with E-state index in [0.29, 0.717) is 12.5 Å². The highest BCUT2D eigenvalue weighted by Crippen LogP contribution is 2.25. The van der Waals surface area contributed by atoms with Gasteiger partial charge >= 0.3 is 0 Å². The second kappa shape index (κ2) is 12.1. The molecular formula is C22H32IN5O. The Hall–Kier alpha value is -1.71. The Labute approximate surface area is 190 Å². The van der Waals surface area contributed by atoms with Crippen molar-refractivity contribution >= 4 is 29.9 Å². The van der Waals surface area contributed by atoms with E-state index in [2.05, 4.69) is 51.8 Å². The van der Waals surface area contributed by atoms with E-state index in [-0.39, 0.29) is 35.6 Å². The fourth-order valence-electron chi connectivity index (χ4n) is 3.55. The first-order chi connectivity index (χ1) is 13.7. The zero-order valence-electron chi connectivity index (χ0n) is 17.0. The Kier molecular flexibility index (Phi) is 9.83. The minimum Gasteiger partial charge on any atom is -0.381 e. The zero-order valence-corrected chi connectivity index (χ0v) is 19.3. The van der Waals surface area contributed by atoms with Gasteiger partial charge in [-0.3, -0.25) is 9.98 Å². The van der Waals surface area contributed by atoms with E-state index in [0.717, 1.165) is 44.7 Å². The van der Waals surface area contributed by atoms with Gasteiger partial charge < -0.3 is 21.1 Å². The molecule has 29 heavy (non-hydrogen) atoms. The number of rotatable bonds is 8. The van der Waals surface area contributed by atoms with Crippen LogP contribution in [0.5, 0.6) is 0 Å². The van der Waals surface area contributed by atoms with Crippen molar-refractivity contribution in [3.05, 3.63) is 66.0 Å². The normalized spacial score (nSPS) is 17.2. The molecule has 0 saturated carbocycles. The van der Waals surface area contributed by atoms with Crippen LogP contribution in [0.2, 0.25) is 0 Å². The smallest absolute Gasteiger partial charge is 0.188 e. The monoisotopic (exact) mass is 509 g/mol. The van der Waals surface area contributed by atoms with Crippen LogP contribution < -0.4 is 16.4 Å². The third-order valence-corrected chi connectivity index (χ3v) is 5.24. The van der Waals surface area contributed by atoms with Crippen molar-refractivity contribution < 1.29 is 4.74 Å². The number of nitrogens with one attached hydrogen (secondary N) is 2. The van der Waals surface area contributed by atoms with Gasteiger partial charge in [0.15, 0.2) is 5.96 Å². The van der Waals surface area contributed by atoms with E-state index in [1.54, 1.807) is 6.20 Å². The predicted octanol–water partition coefficient (Wildman–Crippen LogP) is 3.05. The molecule has 0 radical (unpaired) electrons. The second-order valence-electron chi connectivity index (χ2n) is 7.37. The fraction of sp³-hybridized carbons (Fsp3) is 0.455. The molecule has 1 saturated heterocycles. The van der Waals surface area contributed by atoms with Gasteiger partial charge in [0.1, 0.15) is 0 Å². The highest BCUT2D eigenvalue weighted by Gasteiger charge is 2.33. The molecule has 6 nitrogen and oxygen atoms in total. The largest absolute Gasteiger partial charge is 0.381 e. The summed E-state index contributed by atoms with van der Waals surface area (Å²) >= 11 is 0. The Morgan fingerprint density at radius 3 is 2.59 bits per heavy atom. The lowest BCUT2D eigenvalue weighted by atomic mass is 9.88. The molecule has 7 heteroatoms. The maximum absolute atomic E-state index is 6.12. The van der Waals surface area contributed by atoms with Crippen LogP contribution in [-0.2, 0) is 11.2 Å². The Morgan fingerprint density at radius 1 is 1.17 bits per heavy atom. The first-order valence-corrected chi connectivity index (χ1v) is 10.0. The number of halogens is 1. The average Bonchev–Trinajstić information content (AvgIpc) is 2.74. The minimum atomic E-state index is -0.0964. The van der Waals surface area contributed by atoms with E-state index in [9.17, 15) is 0 Å². The maximum Gasteiger partial charge on any atom is 0.188 e. The van der Waals surface area contributed by atoms with Crippen molar-refractivity contribution in [1.29, 1.82) is 0 Å². The van der Waals surface area contributed by atoms with Gasteiger partial charge in [0, 0.05) is 49.7 Å². The van der Waals surface area contributed by atoms with Crippen molar-refractivity contribution in [3.8, 4) is 0 Å². The van der Waals surface area contributed by atoms with E-state index < -0.39 is 0 Å². The number of aromatic nitrogens is 1. The summed E-state index contributed by atoms with van der Waals surface area (Å²) in [5.74, 6) is 0.482. The van der Waals surface area contributed by atoms with Gasteiger partial charge in [-0.1, -0.05) is 36.4 Å². The molecule has 0 aliphatic carbocycles. The lowest BCUT2D eigenvalue weighted by molar-refractivity contribution is 0.0374. The van der Waals surface area contributed by atoms with Crippen LogP contribution in [0.4, 0.5) is 0 Å². The van der Waals surface area contributed by atoms with Gasteiger partial charge in [0.25, 0.3) is 0 Å². The Bertz CT molecular complexity index is 735. The van der Waals surface area contributed by atoms with Gasteiger partial charge in [-0.05, 0) is 37.5 Å². The molecule has 0 amide bonds. The molecule has 0 spiro atoms. The molecule has 2 heterocycles. The van der Waals surface area contributed by atoms with E-state index in [4.69, 9.17) is 10.5 Å². The van der Waals surface area contributed by atoms with Crippen LogP contribution in [0.25, 0.3) is 0 Å². The number of aliphatic imine (C=N–C) groups is 1. The van der Waals surface area contributed by atoms with Crippen LogP contribution >= 0.6 is 24.0 Å². The van der Waals surface area contributed by atoms with Crippen LogP contribution in [0.1, 0.15) is 37.1 Å². The number of ether oxygens (including phenoxy) is 1. The molecular weight excluding hydrogens is 477 g/mol. The van der Waals surface area contributed by atoms with Crippen LogP contribution in [-0.4, -0.2) is 42.8 Å². The van der Waals surface area contributed by atoms with Gasteiger partial charge in [0.05, 0.1) is 6.54 Å². The molecule has 1 atom stereocenters. The number of nitrogens with zero attached hydrogens (tertiary/aromatic N) is 2. The van der Waals surface area contributed by atoms with Crippen molar-refractivity contribution in [3.63, 3.8) is 0 Å². The maximum atomic E-state index is 6.12. The van der Waals surface area contributed by atoms with Crippen LogP contribution in [0, 0.1) is 0 Å². The summed E-state index contributed by atoms with van der Waals surface area (Å²) in [6, 6.07) is 16.7. The SMILES string of the molecule is CC(NC1(CN=C(N)NCCc2ccccn2)CCOCC1)c1ccccc1.I. The van der Waals surface area contributed by atoms with E-state index >= 15 is 0 Å². The molecule has 0 bridgehead atoms. The third kappa shape index (κ3) is 7.56. The van der Waals surface area contributed by atoms with Gasteiger partial charge in [-0.15, -0.1) is 24.0 Å². The standard InChI is InChI=1S/C22H31N5O.HI/c1-18(19-7-3-2-4-8-19)27-22(11-15-28-16-12-22)17-26-21(23)25-14-10-20-9-5-6-13-24-20;/h2-9,13,18,27H,10-12,14-17H2,1H3,(H3,23,25,26);1H. The highest BCUT2D eigenvalue weighted by molar-refractivity contribution is 14.0. The van der Waals surface area contributed by atoms with Gasteiger partial charge in [-0.2, -0.15) is 0 Å². The number of hydrogen-bond acceptors (Lipinski definition) is 4. The quantitative estimate of drug-likeness (QED) is 0.290. The van der Waals surface area contributed by atoms with Gasteiger partial charge in [-0.25, -0.2) is 0 Å². The number of pyridine rings is 1. The second-order valence-corrected chi connectivity index (χ2v) is 7.37. The summed E-state index contributed by atoms with van der Waals surface area (Å²) in [5, 5.41) is 7.01. The number of benzene rings is 1. The third-order valence-electron chi connectivity index (χ3n) is 5.24. The van der Waals surface area contributed by atoms with Crippen molar-refractivity contribution in [2.24, 2.45) is 10.7 Å².